The quantitative estimate of drug-likeness (QED) is 0.689. The van der Waals surface area contributed by atoms with Crippen molar-refractivity contribution in [3.63, 3.8) is 0 Å². The number of nitrogens with one attached hydrogen (secondary N) is 1. The molecule has 0 bridgehead atoms. The van der Waals surface area contributed by atoms with Gasteiger partial charge in [-0.25, -0.2) is 0 Å². The van der Waals surface area contributed by atoms with Gasteiger partial charge >= 0.3 is 0 Å². The van der Waals surface area contributed by atoms with Crippen molar-refractivity contribution in [3.8, 4) is 11.8 Å². The molecule has 1 N–H and O–H groups in total. The normalized spacial score (nSPS) is 10.2. The summed E-state index contributed by atoms with van der Waals surface area (Å²) in [7, 11) is 1.89. The predicted molar refractivity (Wildman–Crippen MR) is 96.3 cm³/mol. The largest absolute Gasteiger partial charge is 0.340 e. The van der Waals surface area contributed by atoms with Crippen molar-refractivity contribution in [2.75, 3.05) is 6.54 Å². The highest BCUT2D eigenvalue weighted by Gasteiger charge is 2.18. The number of halogens is 1. The highest BCUT2D eigenvalue weighted by Crippen LogP contribution is 2.29. The molecule has 0 aliphatic carbocycles. The average molecular weight is 367 g/mol. The van der Waals surface area contributed by atoms with Crippen LogP contribution in [0.5, 0.6) is 0 Å². The molecule has 0 saturated carbocycles. The molecule has 1 aromatic heterocycles. The number of fused-ring (bicyclic) bond motifs is 1. The summed E-state index contributed by atoms with van der Waals surface area (Å²) in [6, 6.07) is 17.6. The fourth-order valence-corrected chi connectivity index (χ4v) is 3.26. The summed E-state index contributed by atoms with van der Waals surface area (Å²) in [6.45, 7) is 0.307. The first-order chi connectivity index (χ1) is 11.2. The number of carbonyl (C=O) groups excluding carboxylic acids is 1. The first-order valence-corrected chi connectivity index (χ1v) is 8.03. The Hall–Kier alpha value is -2.51. The van der Waals surface area contributed by atoms with Crippen LogP contribution in [0.15, 0.2) is 59.1 Å². The summed E-state index contributed by atoms with van der Waals surface area (Å²) in [5.74, 6) is 5.85. The number of nitrogens with zero attached hydrogens (tertiary/aromatic N) is 1. The molecule has 3 rings (SSSR count). The van der Waals surface area contributed by atoms with Crippen molar-refractivity contribution in [1.29, 1.82) is 0 Å². The zero-order valence-electron chi connectivity index (χ0n) is 12.6. The van der Waals surface area contributed by atoms with Gasteiger partial charge in [0.25, 0.3) is 5.91 Å². The van der Waals surface area contributed by atoms with Gasteiger partial charge in [0.1, 0.15) is 5.69 Å². The van der Waals surface area contributed by atoms with Gasteiger partial charge < -0.3 is 9.88 Å². The second-order valence-corrected chi connectivity index (χ2v) is 5.88. The fraction of sp³-hybridized carbons (Fsp3) is 0.105. The van der Waals surface area contributed by atoms with Crippen LogP contribution in [0.4, 0.5) is 0 Å². The van der Waals surface area contributed by atoms with Crippen molar-refractivity contribution in [3.05, 3.63) is 70.3 Å². The monoisotopic (exact) mass is 366 g/mol. The molecule has 0 fully saturated rings. The smallest absolute Gasteiger partial charge is 0.269 e. The van der Waals surface area contributed by atoms with Crippen LogP contribution < -0.4 is 5.32 Å². The summed E-state index contributed by atoms with van der Waals surface area (Å²) >= 11 is 3.53. The second-order valence-electron chi connectivity index (χ2n) is 5.09. The molecule has 2 aromatic carbocycles. The van der Waals surface area contributed by atoms with Crippen LogP contribution in [0, 0.1) is 11.8 Å². The van der Waals surface area contributed by atoms with Gasteiger partial charge in [0.2, 0.25) is 0 Å². The second kappa shape index (κ2) is 6.72. The van der Waals surface area contributed by atoms with E-state index in [1.54, 1.807) is 0 Å². The van der Waals surface area contributed by atoms with E-state index in [2.05, 4.69) is 33.1 Å². The number of aryl methyl sites for hydroxylation is 1. The van der Waals surface area contributed by atoms with Crippen LogP contribution >= 0.6 is 15.9 Å². The zero-order valence-corrected chi connectivity index (χ0v) is 14.2. The zero-order chi connectivity index (χ0) is 16.2. The first-order valence-electron chi connectivity index (χ1n) is 7.23. The molecule has 1 heterocycles. The standard InChI is InChI=1S/C19H15BrN2O/c1-22-16-12-6-5-11-15(16)17(20)18(22)19(23)21-13-7-10-14-8-3-2-4-9-14/h2-6,8-9,11-12H,13H2,1H3,(H,21,23). The summed E-state index contributed by atoms with van der Waals surface area (Å²) in [5.41, 5.74) is 2.56. The summed E-state index contributed by atoms with van der Waals surface area (Å²) in [5, 5.41) is 3.87. The Balaban J connectivity index is 1.76. The Bertz CT molecular complexity index is 878. The lowest BCUT2D eigenvalue weighted by molar-refractivity contribution is 0.0950. The molecule has 23 heavy (non-hydrogen) atoms. The molecule has 4 heteroatoms. The minimum absolute atomic E-state index is 0.141. The number of aromatic nitrogens is 1. The van der Waals surface area contributed by atoms with E-state index in [1.807, 2.05) is 66.2 Å². The van der Waals surface area contributed by atoms with Crippen LogP contribution in [0.3, 0.4) is 0 Å². The third-order valence-corrected chi connectivity index (χ3v) is 4.41. The van der Waals surface area contributed by atoms with E-state index >= 15 is 0 Å². The topological polar surface area (TPSA) is 34.0 Å². The number of hydrogen-bond acceptors (Lipinski definition) is 1. The van der Waals surface area contributed by atoms with Crippen molar-refractivity contribution < 1.29 is 4.79 Å². The number of carbonyl (C=O) groups is 1. The Morgan fingerprint density at radius 1 is 1.13 bits per heavy atom. The lowest BCUT2D eigenvalue weighted by Gasteiger charge is -2.04. The fourth-order valence-electron chi connectivity index (χ4n) is 2.47. The number of amides is 1. The van der Waals surface area contributed by atoms with E-state index in [-0.39, 0.29) is 5.91 Å². The molecule has 0 unspecified atom stereocenters. The van der Waals surface area contributed by atoms with E-state index in [0.29, 0.717) is 12.2 Å². The van der Waals surface area contributed by atoms with Gasteiger partial charge in [-0.2, -0.15) is 0 Å². The maximum absolute atomic E-state index is 12.4. The summed E-state index contributed by atoms with van der Waals surface area (Å²) in [6.07, 6.45) is 0. The maximum atomic E-state index is 12.4. The number of benzene rings is 2. The average Bonchev–Trinajstić information content (AvgIpc) is 2.84. The van der Waals surface area contributed by atoms with Gasteiger partial charge in [-0.15, -0.1) is 0 Å². The van der Waals surface area contributed by atoms with Gasteiger partial charge in [-0.1, -0.05) is 48.2 Å². The van der Waals surface area contributed by atoms with Crippen LogP contribution in [-0.2, 0) is 7.05 Å². The van der Waals surface area contributed by atoms with Gasteiger partial charge in [0.05, 0.1) is 11.0 Å². The van der Waals surface area contributed by atoms with Gasteiger partial charge in [0.15, 0.2) is 0 Å². The van der Waals surface area contributed by atoms with Gasteiger partial charge in [0, 0.05) is 23.5 Å². The highest BCUT2D eigenvalue weighted by molar-refractivity contribution is 9.10. The molecule has 0 aliphatic heterocycles. The van der Waals surface area contributed by atoms with Crippen LogP contribution in [-0.4, -0.2) is 17.0 Å². The predicted octanol–water partition coefficient (Wildman–Crippen LogP) is 3.72. The molecule has 114 valence electrons. The van der Waals surface area contributed by atoms with E-state index < -0.39 is 0 Å². The van der Waals surface area contributed by atoms with E-state index in [9.17, 15) is 4.79 Å². The highest BCUT2D eigenvalue weighted by atomic mass is 79.9. The summed E-state index contributed by atoms with van der Waals surface area (Å²) in [4.78, 5) is 12.4. The lowest BCUT2D eigenvalue weighted by Crippen LogP contribution is -2.26. The number of para-hydroxylation sites is 1. The molecular formula is C19H15BrN2O. The van der Waals surface area contributed by atoms with E-state index in [1.165, 1.54) is 0 Å². The van der Waals surface area contributed by atoms with Gasteiger partial charge in [-0.3, -0.25) is 4.79 Å². The summed E-state index contributed by atoms with van der Waals surface area (Å²) < 4.78 is 2.70. The Morgan fingerprint density at radius 3 is 2.57 bits per heavy atom. The molecule has 3 aromatic rings. The first kappa shape index (κ1) is 15.4. The Kier molecular flexibility index (Phi) is 4.50. The van der Waals surface area contributed by atoms with Crippen molar-refractivity contribution in [2.24, 2.45) is 7.05 Å². The molecular weight excluding hydrogens is 352 g/mol. The molecule has 3 nitrogen and oxygen atoms in total. The lowest BCUT2D eigenvalue weighted by atomic mass is 10.2. The Labute approximate surface area is 143 Å². The van der Waals surface area contributed by atoms with E-state index in [4.69, 9.17) is 0 Å². The number of hydrogen-bond donors (Lipinski definition) is 1. The SMILES string of the molecule is Cn1c(C(=O)NCC#Cc2ccccc2)c(Br)c2ccccc21. The van der Waals surface area contributed by atoms with Crippen molar-refractivity contribution in [1.82, 2.24) is 9.88 Å². The number of rotatable bonds is 2. The minimum Gasteiger partial charge on any atom is -0.340 e. The third-order valence-electron chi connectivity index (χ3n) is 3.60. The third kappa shape index (κ3) is 3.15. The van der Waals surface area contributed by atoms with Crippen LogP contribution in [0.2, 0.25) is 0 Å². The molecule has 0 saturated heterocycles. The van der Waals surface area contributed by atoms with Crippen molar-refractivity contribution >= 4 is 32.7 Å². The Morgan fingerprint density at radius 2 is 1.83 bits per heavy atom. The molecule has 0 radical (unpaired) electrons. The molecule has 1 amide bonds. The molecule has 0 spiro atoms. The molecule has 0 atom stereocenters. The van der Waals surface area contributed by atoms with E-state index in [0.717, 1.165) is 20.9 Å². The van der Waals surface area contributed by atoms with Crippen LogP contribution in [0.25, 0.3) is 10.9 Å². The van der Waals surface area contributed by atoms with Crippen molar-refractivity contribution in [2.45, 2.75) is 0 Å². The maximum Gasteiger partial charge on any atom is 0.269 e. The van der Waals surface area contributed by atoms with Gasteiger partial charge in [-0.05, 0) is 34.1 Å². The molecule has 0 aliphatic rings. The minimum atomic E-state index is -0.141. The van der Waals surface area contributed by atoms with Crippen LogP contribution in [0.1, 0.15) is 16.1 Å².